The summed E-state index contributed by atoms with van der Waals surface area (Å²) in [7, 11) is -4.10. The average molecular weight is 538 g/mol. The van der Waals surface area contributed by atoms with Gasteiger partial charge in [0.1, 0.15) is 5.84 Å². The first-order chi connectivity index (χ1) is 17.8. The molecule has 0 atom stereocenters. The fourth-order valence-corrected chi connectivity index (χ4v) is 3.98. The number of rotatable bonds is 10. The summed E-state index contributed by atoms with van der Waals surface area (Å²) in [6.45, 7) is 6.45. The summed E-state index contributed by atoms with van der Waals surface area (Å²) >= 11 is 0. The molecule has 1 amide bonds. The third kappa shape index (κ3) is 7.62. The van der Waals surface area contributed by atoms with Gasteiger partial charge >= 0.3 is 16.1 Å². The van der Waals surface area contributed by atoms with E-state index in [0.717, 1.165) is 17.6 Å². The van der Waals surface area contributed by atoms with Gasteiger partial charge in [0.25, 0.3) is 5.91 Å². The molecule has 38 heavy (non-hydrogen) atoms. The van der Waals surface area contributed by atoms with Gasteiger partial charge in [0, 0.05) is 34.6 Å². The number of nitrogens with zero attached hydrogens (tertiary/aromatic N) is 1. The van der Waals surface area contributed by atoms with Gasteiger partial charge in [-0.3, -0.25) is 15.2 Å². The van der Waals surface area contributed by atoms with Crippen LogP contribution >= 0.6 is 0 Å². The third-order valence-electron chi connectivity index (χ3n) is 5.46. The summed E-state index contributed by atoms with van der Waals surface area (Å²) in [5, 5.41) is 13.6. The lowest BCUT2D eigenvalue weighted by atomic mass is 9.95. The molecule has 0 saturated heterocycles. The van der Waals surface area contributed by atoms with E-state index in [2.05, 4.69) is 19.8 Å². The minimum absolute atomic E-state index is 0.0333. The second kappa shape index (κ2) is 11.9. The van der Waals surface area contributed by atoms with Gasteiger partial charge in [-0.15, -0.1) is 0 Å². The summed E-state index contributed by atoms with van der Waals surface area (Å²) in [6, 6.07) is 15.0. The van der Waals surface area contributed by atoms with Gasteiger partial charge in [-0.25, -0.2) is 4.79 Å². The van der Waals surface area contributed by atoms with Crippen LogP contribution in [0.4, 0.5) is 5.69 Å². The van der Waals surface area contributed by atoms with E-state index in [1.165, 1.54) is 6.07 Å². The summed E-state index contributed by atoms with van der Waals surface area (Å²) in [5.41, 5.74) is 9.26. The first-order valence-corrected chi connectivity index (χ1v) is 13.7. The Kier molecular flexibility index (Phi) is 8.84. The Morgan fingerprint density at radius 2 is 1.66 bits per heavy atom. The number of nitrogens with one attached hydrogen (secondary N) is 3. The first kappa shape index (κ1) is 28.3. The average Bonchev–Trinajstić information content (AvgIpc) is 2.85. The van der Waals surface area contributed by atoms with Crippen molar-refractivity contribution in [2.24, 2.45) is 11.7 Å². The molecule has 0 radical (unpaired) electrons. The van der Waals surface area contributed by atoms with Crippen LogP contribution in [0.3, 0.4) is 0 Å². The fourth-order valence-electron chi connectivity index (χ4n) is 3.61. The monoisotopic (exact) mass is 537 g/mol. The normalized spacial score (nSPS) is 11.2. The van der Waals surface area contributed by atoms with E-state index in [1.54, 1.807) is 48.5 Å². The van der Waals surface area contributed by atoms with Crippen molar-refractivity contribution >= 4 is 33.5 Å². The number of aromatic nitrogens is 1. The molecule has 0 aliphatic rings. The van der Waals surface area contributed by atoms with Gasteiger partial charge in [-0.2, -0.15) is 8.42 Å². The van der Waals surface area contributed by atoms with Crippen LogP contribution in [0.15, 0.2) is 54.6 Å². The number of amidine groups is 1. The topological polar surface area (TPSA) is 164 Å². The molecular formula is C27H31N5O5S. The molecule has 11 heteroatoms. The zero-order valence-corrected chi connectivity index (χ0v) is 22.5. The first-order valence-electron chi connectivity index (χ1n) is 11.9. The van der Waals surface area contributed by atoms with Gasteiger partial charge in [-0.1, -0.05) is 26.0 Å². The molecule has 0 saturated carbocycles. The third-order valence-corrected chi connectivity index (χ3v) is 5.91. The molecule has 1 heterocycles. The highest BCUT2D eigenvalue weighted by molar-refractivity contribution is 7.86. The van der Waals surface area contributed by atoms with Gasteiger partial charge in [0.15, 0.2) is 0 Å². The fraction of sp³-hybridized carbons (Fsp3) is 0.259. The maximum absolute atomic E-state index is 12.9. The zero-order chi connectivity index (χ0) is 28.0. The van der Waals surface area contributed by atoms with Gasteiger partial charge in [-0.05, 0) is 60.9 Å². The maximum Gasteiger partial charge on any atom is 0.354 e. The number of hydrogen-bond acceptors (Lipinski definition) is 8. The minimum atomic E-state index is -4.10. The summed E-state index contributed by atoms with van der Waals surface area (Å²) in [6.07, 6.45) is 0.782. The molecule has 2 aromatic carbocycles. The van der Waals surface area contributed by atoms with E-state index >= 15 is 0 Å². The molecule has 0 aliphatic carbocycles. The van der Waals surface area contributed by atoms with Gasteiger partial charge < -0.3 is 20.6 Å². The minimum Gasteiger partial charge on any atom is -0.384 e. The number of nitrogen functional groups attached to an aromatic ring is 1. The standard InChI is InChI=1S/C27H31N5O5S/c1-16(2)14-31-26(33)19-8-12-21(23(13-19)27(34)37-38(4,35)36)22-11-5-17(3)32-24(22)15-30-20-9-6-18(7-10-20)25(28)29/h5-13,16,30H,14-15H2,1-4H3,(H3,28,29)(H,31,33). The van der Waals surface area contributed by atoms with Crippen LogP contribution in [0.2, 0.25) is 0 Å². The van der Waals surface area contributed by atoms with Crippen molar-refractivity contribution in [3.05, 3.63) is 82.7 Å². The predicted molar refractivity (Wildman–Crippen MR) is 147 cm³/mol. The lowest BCUT2D eigenvalue weighted by Crippen LogP contribution is -2.27. The predicted octanol–water partition coefficient (Wildman–Crippen LogP) is 3.46. The van der Waals surface area contributed by atoms with Gasteiger partial charge in [0.05, 0.1) is 24.1 Å². The molecule has 10 nitrogen and oxygen atoms in total. The molecule has 3 rings (SSSR count). The number of amides is 1. The quantitative estimate of drug-likeness (QED) is 0.173. The molecule has 5 N–H and O–H groups in total. The Labute approximate surface area is 222 Å². The Hall–Kier alpha value is -4.25. The van der Waals surface area contributed by atoms with Crippen LogP contribution < -0.4 is 16.4 Å². The SMILES string of the molecule is Cc1ccc(-c2ccc(C(=O)NCC(C)C)cc2C(=O)OS(C)(=O)=O)c(CNc2ccc(C(=N)N)cc2)n1. The Bertz CT molecular complexity index is 1470. The molecule has 3 aromatic rings. The Morgan fingerprint density at radius 3 is 2.26 bits per heavy atom. The van der Waals surface area contributed by atoms with E-state index in [-0.39, 0.29) is 29.4 Å². The van der Waals surface area contributed by atoms with Crippen molar-refractivity contribution in [3.63, 3.8) is 0 Å². The molecule has 200 valence electrons. The highest BCUT2D eigenvalue weighted by Gasteiger charge is 2.22. The van der Waals surface area contributed by atoms with Crippen LogP contribution in [0.5, 0.6) is 0 Å². The summed E-state index contributed by atoms with van der Waals surface area (Å²) in [4.78, 5) is 30.2. The van der Waals surface area contributed by atoms with Crippen molar-refractivity contribution in [3.8, 4) is 11.1 Å². The van der Waals surface area contributed by atoms with Crippen molar-refractivity contribution < 1.29 is 22.2 Å². The lowest BCUT2D eigenvalue weighted by molar-refractivity contribution is 0.0749. The number of hydrogen-bond donors (Lipinski definition) is 4. The van der Waals surface area contributed by atoms with E-state index in [9.17, 15) is 18.0 Å². The molecule has 0 bridgehead atoms. The van der Waals surface area contributed by atoms with E-state index < -0.39 is 22.0 Å². The molecule has 0 fully saturated rings. The van der Waals surface area contributed by atoms with Crippen LogP contribution in [-0.2, 0) is 20.8 Å². The smallest absolute Gasteiger partial charge is 0.354 e. The zero-order valence-electron chi connectivity index (χ0n) is 21.7. The highest BCUT2D eigenvalue weighted by atomic mass is 32.2. The van der Waals surface area contributed by atoms with Gasteiger partial charge in [0.2, 0.25) is 0 Å². The highest BCUT2D eigenvalue weighted by Crippen LogP contribution is 2.29. The number of benzene rings is 2. The lowest BCUT2D eigenvalue weighted by Gasteiger charge is -2.16. The van der Waals surface area contributed by atoms with Crippen LogP contribution in [0, 0.1) is 18.3 Å². The summed E-state index contributed by atoms with van der Waals surface area (Å²) < 4.78 is 28.1. The number of carbonyl (C=O) groups is 2. The maximum atomic E-state index is 12.9. The summed E-state index contributed by atoms with van der Waals surface area (Å²) in [5.74, 6) is -1.30. The van der Waals surface area contributed by atoms with Crippen LogP contribution in [0.25, 0.3) is 11.1 Å². The second-order valence-electron chi connectivity index (χ2n) is 9.23. The molecular weight excluding hydrogens is 506 g/mol. The van der Waals surface area contributed by atoms with Crippen molar-refractivity contribution in [1.82, 2.24) is 10.3 Å². The molecule has 1 aromatic heterocycles. The number of carbonyl (C=O) groups excluding carboxylic acids is 2. The largest absolute Gasteiger partial charge is 0.384 e. The van der Waals surface area contributed by atoms with E-state index in [0.29, 0.717) is 28.9 Å². The van der Waals surface area contributed by atoms with Crippen molar-refractivity contribution in [1.29, 1.82) is 5.41 Å². The van der Waals surface area contributed by atoms with E-state index in [4.69, 9.17) is 11.1 Å². The number of pyridine rings is 1. The Balaban J connectivity index is 2.02. The number of aryl methyl sites for hydroxylation is 1. The van der Waals surface area contributed by atoms with Crippen molar-refractivity contribution in [2.75, 3.05) is 18.1 Å². The molecule has 0 spiro atoms. The van der Waals surface area contributed by atoms with E-state index in [1.807, 2.05) is 20.8 Å². The molecule has 0 unspecified atom stereocenters. The second-order valence-corrected chi connectivity index (χ2v) is 10.8. The van der Waals surface area contributed by atoms with Crippen molar-refractivity contribution in [2.45, 2.75) is 27.3 Å². The number of anilines is 1. The number of nitrogens with two attached hydrogens (primary N) is 1. The molecule has 0 aliphatic heterocycles. The van der Waals surface area contributed by atoms with Crippen LogP contribution in [0.1, 0.15) is 51.5 Å². The Morgan fingerprint density at radius 1 is 1.03 bits per heavy atom. The van der Waals surface area contributed by atoms with Crippen LogP contribution in [-0.4, -0.2) is 43.9 Å².